The first kappa shape index (κ1) is 17.7. The number of fused-ring (bicyclic) bond motifs is 1. The third-order valence-corrected chi connectivity index (χ3v) is 4.09. The molecule has 138 valence electrons. The maximum Gasteiger partial charge on any atom is 0.306 e. The van der Waals surface area contributed by atoms with Crippen LogP contribution in [0.5, 0.6) is 0 Å². The number of hydrogen-bond donors (Lipinski definition) is 2. The third kappa shape index (κ3) is 3.61. The first-order valence-corrected chi connectivity index (χ1v) is 8.35. The molecule has 1 unspecified atom stereocenters. The van der Waals surface area contributed by atoms with Gasteiger partial charge in [-0.3, -0.25) is 19.1 Å². The summed E-state index contributed by atoms with van der Waals surface area (Å²) in [4.78, 5) is 35.6. The molecular weight excluding hydrogens is 340 g/mol. The molecule has 1 aliphatic heterocycles. The van der Waals surface area contributed by atoms with E-state index in [9.17, 15) is 14.4 Å². The zero-order valence-corrected chi connectivity index (χ0v) is 14.6. The van der Waals surface area contributed by atoms with Crippen LogP contribution in [-0.4, -0.2) is 34.2 Å². The van der Waals surface area contributed by atoms with Gasteiger partial charge in [0, 0.05) is 19.9 Å². The molecule has 0 bridgehead atoms. The van der Waals surface area contributed by atoms with Crippen molar-refractivity contribution >= 4 is 29.4 Å². The Labute approximate surface area is 149 Å². The van der Waals surface area contributed by atoms with Gasteiger partial charge in [-0.25, -0.2) is 0 Å². The Morgan fingerprint density at radius 2 is 2.27 bits per heavy atom. The Bertz CT molecular complexity index is 825. The predicted molar refractivity (Wildman–Crippen MR) is 91.5 cm³/mol. The molecule has 0 radical (unpaired) electrons. The largest absolute Gasteiger partial charge is 0.469 e. The molecule has 0 fully saturated rings. The fraction of sp³-hybridized carbons (Fsp3) is 0.412. The Kier molecular flexibility index (Phi) is 5.06. The summed E-state index contributed by atoms with van der Waals surface area (Å²) in [5.41, 5.74) is 0.687. The lowest BCUT2D eigenvalue weighted by Gasteiger charge is -2.22. The van der Waals surface area contributed by atoms with Gasteiger partial charge in [0.15, 0.2) is 5.82 Å². The number of hydrogen-bond acceptors (Lipinski definition) is 6. The van der Waals surface area contributed by atoms with Gasteiger partial charge in [0.1, 0.15) is 11.6 Å². The van der Waals surface area contributed by atoms with Gasteiger partial charge >= 0.3 is 5.97 Å². The van der Waals surface area contributed by atoms with E-state index in [1.807, 2.05) is 0 Å². The second kappa shape index (κ2) is 7.42. The van der Waals surface area contributed by atoms with E-state index in [0.717, 1.165) is 0 Å². The van der Waals surface area contributed by atoms with Crippen LogP contribution in [0.25, 0.3) is 0 Å². The topological polar surface area (TPSA) is 115 Å². The zero-order chi connectivity index (χ0) is 18.7. The van der Waals surface area contributed by atoms with Crippen LogP contribution < -0.4 is 10.6 Å². The zero-order valence-electron chi connectivity index (χ0n) is 14.6. The molecule has 2 amide bonds. The summed E-state index contributed by atoms with van der Waals surface area (Å²) in [6.07, 6.45) is 1.71. The normalized spacial score (nSPS) is 15.9. The van der Waals surface area contributed by atoms with Gasteiger partial charge in [-0.15, -0.1) is 0 Å². The second-order valence-corrected chi connectivity index (χ2v) is 5.91. The van der Waals surface area contributed by atoms with E-state index in [1.54, 1.807) is 26.1 Å². The summed E-state index contributed by atoms with van der Waals surface area (Å²) in [6.45, 7) is 1.99. The summed E-state index contributed by atoms with van der Waals surface area (Å²) in [6, 6.07) is 3.53. The molecule has 9 nitrogen and oxygen atoms in total. The molecule has 26 heavy (non-hydrogen) atoms. The Hall–Kier alpha value is -3.10. The summed E-state index contributed by atoms with van der Waals surface area (Å²) >= 11 is 0. The summed E-state index contributed by atoms with van der Waals surface area (Å²) < 4.78 is 11.8. The molecule has 2 aromatic rings. The number of carbonyl (C=O) groups excluding carboxylic acids is 3. The quantitative estimate of drug-likeness (QED) is 0.759. The minimum atomic E-state index is -0.425. The number of esters is 1. The molecule has 2 aromatic heterocycles. The van der Waals surface area contributed by atoms with Gasteiger partial charge in [-0.2, -0.15) is 5.10 Å². The highest BCUT2D eigenvalue weighted by atomic mass is 16.5. The van der Waals surface area contributed by atoms with Crippen molar-refractivity contribution in [2.24, 2.45) is 7.05 Å². The molecule has 3 rings (SSSR count). The van der Waals surface area contributed by atoms with Crippen molar-refractivity contribution in [1.29, 1.82) is 0 Å². The third-order valence-electron chi connectivity index (χ3n) is 4.09. The van der Waals surface area contributed by atoms with Gasteiger partial charge in [-0.05, 0) is 19.1 Å². The molecule has 0 spiro atoms. The van der Waals surface area contributed by atoms with E-state index >= 15 is 0 Å². The number of rotatable bonds is 6. The Morgan fingerprint density at radius 3 is 2.96 bits per heavy atom. The molecule has 2 N–H and O–H groups in total. The molecule has 1 atom stereocenters. The maximum absolute atomic E-state index is 12.2. The van der Waals surface area contributed by atoms with Gasteiger partial charge < -0.3 is 19.8 Å². The maximum atomic E-state index is 12.2. The number of aryl methyl sites for hydroxylation is 1. The average molecular weight is 360 g/mol. The van der Waals surface area contributed by atoms with Crippen molar-refractivity contribution in [3.63, 3.8) is 0 Å². The number of furan rings is 1. The highest BCUT2D eigenvalue weighted by molar-refractivity contribution is 5.98. The van der Waals surface area contributed by atoms with Crippen LogP contribution in [0.2, 0.25) is 0 Å². The second-order valence-electron chi connectivity index (χ2n) is 5.91. The smallest absolute Gasteiger partial charge is 0.306 e. The SMILES string of the molecule is CCOC(=O)CCC(=O)Nc1nn(C)c2c1C(c1ccco1)CC(=O)N2. The van der Waals surface area contributed by atoms with E-state index in [-0.39, 0.29) is 43.6 Å². The van der Waals surface area contributed by atoms with Crippen LogP contribution in [0.3, 0.4) is 0 Å². The lowest BCUT2D eigenvalue weighted by molar-refractivity contribution is -0.144. The highest BCUT2D eigenvalue weighted by Crippen LogP contribution is 2.41. The van der Waals surface area contributed by atoms with Crippen LogP contribution >= 0.6 is 0 Å². The molecule has 9 heteroatoms. The molecule has 0 saturated carbocycles. The number of carbonyl (C=O) groups is 3. The molecular formula is C17H20N4O5. The van der Waals surface area contributed by atoms with Crippen LogP contribution in [0.1, 0.15) is 43.4 Å². The number of aromatic nitrogens is 2. The van der Waals surface area contributed by atoms with E-state index in [2.05, 4.69) is 15.7 Å². The van der Waals surface area contributed by atoms with Crippen LogP contribution in [0.15, 0.2) is 22.8 Å². The van der Waals surface area contributed by atoms with Gasteiger partial charge in [0.05, 0.1) is 30.8 Å². The van der Waals surface area contributed by atoms with Crippen molar-refractivity contribution in [2.45, 2.75) is 32.1 Å². The van der Waals surface area contributed by atoms with Crippen molar-refractivity contribution in [3.8, 4) is 0 Å². The Morgan fingerprint density at radius 1 is 1.46 bits per heavy atom. The summed E-state index contributed by atoms with van der Waals surface area (Å²) in [7, 11) is 1.68. The molecule has 0 saturated heterocycles. The monoisotopic (exact) mass is 360 g/mol. The van der Waals surface area contributed by atoms with E-state index in [0.29, 0.717) is 23.0 Å². The van der Waals surface area contributed by atoms with Crippen molar-refractivity contribution in [1.82, 2.24) is 9.78 Å². The summed E-state index contributed by atoms with van der Waals surface area (Å²) in [5, 5.41) is 9.80. The van der Waals surface area contributed by atoms with Gasteiger partial charge in [-0.1, -0.05) is 0 Å². The number of nitrogens with one attached hydrogen (secondary N) is 2. The Balaban J connectivity index is 1.81. The van der Waals surface area contributed by atoms with Crippen LogP contribution in [0.4, 0.5) is 11.6 Å². The van der Waals surface area contributed by atoms with Gasteiger partial charge in [0.25, 0.3) is 0 Å². The average Bonchev–Trinajstić information content (AvgIpc) is 3.22. The highest BCUT2D eigenvalue weighted by Gasteiger charge is 2.34. The predicted octanol–water partition coefficient (Wildman–Crippen LogP) is 1.77. The lowest BCUT2D eigenvalue weighted by atomic mass is 9.91. The van der Waals surface area contributed by atoms with E-state index in [4.69, 9.17) is 9.15 Å². The van der Waals surface area contributed by atoms with Crippen molar-refractivity contribution < 1.29 is 23.5 Å². The fourth-order valence-electron chi connectivity index (χ4n) is 2.96. The number of nitrogens with zero attached hydrogens (tertiary/aromatic N) is 2. The number of ether oxygens (including phenoxy) is 1. The van der Waals surface area contributed by atoms with Crippen molar-refractivity contribution in [3.05, 3.63) is 29.7 Å². The minimum Gasteiger partial charge on any atom is -0.469 e. The standard InChI is InChI=1S/C17H20N4O5/c1-3-25-14(24)7-6-12(22)18-16-15-10(11-5-4-8-26-11)9-13(23)19-17(15)21(2)20-16/h4-5,8,10H,3,6-7,9H2,1-2H3,(H,19,23)(H,18,20,22). The first-order chi connectivity index (χ1) is 12.5. The van der Waals surface area contributed by atoms with E-state index in [1.165, 1.54) is 10.9 Å². The molecule has 3 heterocycles. The van der Waals surface area contributed by atoms with Crippen LogP contribution in [0, 0.1) is 0 Å². The first-order valence-electron chi connectivity index (χ1n) is 8.35. The number of anilines is 2. The lowest BCUT2D eigenvalue weighted by Crippen LogP contribution is -2.25. The van der Waals surface area contributed by atoms with Crippen molar-refractivity contribution in [2.75, 3.05) is 17.2 Å². The summed E-state index contributed by atoms with van der Waals surface area (Å²) in [5.74, 6) is 0.211. The molecule has 1 aliphatic rings. The minimum absolute atomic E-state index is 0.00690. The van der Waals surface area contributed by atoms with Gasteiger partial charge in [0.2, 0.25) is 11.8 Å². The molecule has 0 aliphatic carbocycles. The van der Waals surface area contributed by atoms with E-state index < -0.39 is 5.97 Å². The fourth-order valence-corrected chi connectivity index (χ4v) is 2.96. The number of amides is 2. The van der Waals surface area contributed by atoms with Crippen LogP contribution in [-0.2, 0) is 26.2 Å². The molecule has 0 aromatic carbocycles.